The molecule has 3 unspecified atom stereocenters. The van der Waals surface area contributed by atoms with E-state index >= 15 is 0 Å². The van der Waals surface area contributed by atoms with E-state index in [-0.39, 0.29) is 0 Å². The Bertz CT molecular complexity index is 335. The van der Waals surface area contributed by atoms with Gasteiger partial charge in [0.2, 0.25) is 0 Å². The molecule has 1 aliphatic carbocycles. The minimum absolute atomic E-state index is 0.468. The second kappa shape index (κ2) is 4.68. The van der Waals surface area contributed by atoms with Gasteiger partial charge in [-0.1, -0.05) is 13.8 Å². The van der Waals surface area contributed by atoms with Crippen LogP contribution in [0.1, 0.15) is 33.1 Å². The van der Waals surface area contributed by atoms with Gasteiger partial charge >= 0.3 is 0 Å². The van der Waals surface area contributed by atoms with Gasteiger partial charge in [0.1, 0.15) is 11.6 Å². The number of rotatable bonds is 2. The van der Waals surface area contributed by atoms with E-state index in [0.29, 0.717) is 17.8 Å². The van der Waals surface area contributed by atoms with Crippen LogP contribution in [0.3, 0.4) is 0 Å². The van der Waals surface area contributed by atoms with Crippen LogP contribution >= 0.6 is 0 Å². The highest BCUT2D eigenvalue weighted by atomic mass is 15.2. The normalized spacial score (nSPS) is 30.0. The van der Waals surface area contributed by atoms with Crippen LogP contribution in [0, 0.1) is 11.8 Å². The van der Waals surface area contributed by atoms with E-state index in [4.69, 9.17) is 5.73 Å². The number of nitrogen functional groups attached to an aromatic ring is 1. The van der Waals surface area contributed by atoms with E-state index in [2.05, 4.69) is 29.4 Å². The topological polar surface area (TPSA) is 63.8 Å². The predicted molar refractivity (Wildman–Crippen MR) is 66.0 cm³/mol. The molecule has 0 aliphatic heterocycles. The molecule has 1 saturated carbocycles. The molecule has 2 rings (SSSR count). The minimum Gasteiger partial charge on any atom is -0.382 e. The number of hydrogen-bond donors (Lipinski definition) is 2. The van der Waals surface area contributed by atoms with E-state index in [1.807, 2.05) is 6.07 Å². The zero-order valence-corrected chi connectivity index (χ0v) is 9.98. The monoisotopic (exact) mass is 220 g/mol. The van der Waals surface area contributed by atoms with Gasteiger partial charge in [-0.15, -0.1) is 10.2 Å². The Morgan fingerprint density at radius 1 is 1.25 bits per heavy atom. The van der Waals surface area contributed by atoms with Gasteiger partial charge in [-0.3, -0.25) is 0 Å². The van der Waals surface area contributed by atoms with Crippen molar-refractivity contribution in [3.05, 3.63) is 12.1 Å². The van der Waals surface area contributed by atoms with Gasteiger partial charge in [0.25, 0.3) is 0 Å². The third-order valence-corrected chi connectivity index (χ3v) is 3.45. The molecule has 1 fully saturated rings. The molecule has 0 aromatic carbocycles. The van der Waals surface area contributed by atoms with Gasteiger partial charge < -0.3 is 11.1 Å². The third-order valence-electron chi connectivity index (χ3n) is 3.45. The van der Waals surface area contributed by atoms with Crippen LogP contribution in [0.25, 0.3) is 0 Å². The molecule has 3 N–H and O–H groups in total. The summed E-state index contributed by atoms with van der Waals surface area (Å²) in [4.78, 5) is 0. The van der Waals surface area contributed by atoms with Gasteiger partial charge in [0.05, 0.1) is 0 Å². The number of hydrogen-bond acceptors (Lipinski definition) is 4. The van der Waals surface area contributed by atoms with Crippen LogP contribution in [0.15, 0.2) is 12.1 Å². The maximum absolute atomic E-state index is 5.50. The quantitative estimate of drug-likeness (QED) is 0.802. The fraction of sp³-hybridized carbons (Fsp3) is 0.667. The van der Waals surface area contributed by atoms with Gasteiger partial charge in [0, 0.05) is 6.04 Å². The zero-order chi connectivity index (χ0) is 11.5. The molecule has 88 valence electrons. The van der Waals surface area contributed by atoms with Crippen molar-refractivity contribution in [2.24, 2.45) is 11.8 Å². The minimum atomic E-state index is 0.468. The smallest absolute Gasteiger partial charge is 0.149 e. The maximum atomic E-state index is 5.50. The largest absolute Gasteiger partial charge is 0.382 e. The summed E-state index contributed by atoms with van der Waals surface area (Å²) in [6, 6.07) is 4.20. The Morgan fingerprint density at radius 2 is 2.06 bits per heavy atom. The Kier molecular flexibility index (Phi) is 3.27. The van der Waals surface area contributed by atoms with Crippen LogP contribution in [0.4, 0.5) is 11.6 Å². The van der Waals surface area contributed by atoms with E-state index in [1.54, 1.807) is 6.07 Å². The van der Waals surface area contributed by atoms with Gasteiger partial charge in [-0.2, -0.15) is 0 Å². The molecular formula is C12H20N4. The van der Waals surface area contributed by atoms with Gasteiger partial charge in [-0.25, -0.2) is 0 Å². The second-order valence-corrected chi connectivity index (χ2v) is 4.99. The molecule has 3 atom stereocenters. The van der Waals surface area contributed by atoms with Crippen molar-refractivity contribution < 1.29 is 0 Å². The fourth-order valence-electron chi connectivity index (χ4n) is 2.49. The van der Waals surface area contributed by atoms with Crippen molar-refractivity contribution in [3.8, 4) is 0 Å². The van der Waals surface area contributed by atoms with Crippen LogP contribution in [-0.2, 0) is 0 Å². The van der Waals surface area contributed by atoms with Gasteiger partial charge in [0.15, 0.2) is 0 Å². The van der Waals surface area contributed by atoms with Crippen molar-refractivity contribution in [3.63, 3.8) is 0 Å². The molecule has 0 saturated heterocycles. The first kappa shape index (κ1) is 11.2. The first-order valence-corrected chi connectivity index (χ1v) is 6.01. The Hall–Kier alpha value is -1.32. The zero-order valence-electron chi connectivity index (χ0n) is 9.98. The number of nitrogens with zero attached hydrogens (tertiary/aromatic N) is 2. The number of anilines is 2. The molecule has 0 amide bonds. The van der Waals surface area contributed by atoms with Crippen molar-refractivity contribution in [2.45, 2.75) is 39.2 Å². The predicted octanol–water partition coefficient (Wildman–Crippen LogP) is 2.30. The average Bonchev–Trinajstić information content (AvgIpc) is 2.25. The Labute approximate surface area is 96.6 Å². The van der Waals surface area contributed by atoms with Crippen LogP contribution in [0.5, 0.6) is 0 Å². The van der Waals surface area contributed by atoms with Crippen LogP contribution in [0.2, 0.25) is 0 Å². The molecule has 1 aromatic rings. The highest BCUT2D eigenvalue weighted by Crippen LogP contribution is 2.30. The second-order valence-electron chi connectivity index (χ2n) is 4.99. The van der Waals surface area contributed by atoms with E-state index in [1.165, 1.54) is 19.3 Å². The molecule has 0 spiro atoms. The number of aromatic nitrogens is 2. The van der Waals surface area contributed by atoms with Crippen LogP contribution < -0.4 is 11.1 Å². The van der Waals surface area contributed by atoms with Crippen molar-refractivity contribution in [2.75, 3.05) is 11.1 Å². The first-order valence-electron chi connectivity index (χ1n) is 6.01. The molecule has 0 radical (unpaired) electrons. The highest BCUT2D eigenvalue weighted by Gasteiger charge is 2.25. The summed E-state index contributed by atoms with van der Waals surface area (Å²) in [6.45, 7) is 4.63. The summed E-state index contributed by atoms with van der Waals surface area (Å²) in [5, 5.41) is 11.3. The molecular weight excluding hydrogens is 200 g/mol. The lowest BCUT2D eigenvalue weighted by Crippen LogP contribution is -2.33. The van der Waals surface area contributed by atoms with E-state index < -0.39 is 0 Å². The molecule has 1 heterocycles. The highest BCUT2D eigenvalue weighted by molar-refractivity contribution is 5.39. The molecule has 16 heavy (non-hydrogen) atoms. The Morgan fingerprint density at radius 3 is 2.69 bits per heavy atom. The number of nitrogens with one attached hydrogen (secondary N) is 1. The van der Waals surface area contributed by atoms with Crippen molar-refractivity contribution in [1.82, 2.24) is 10.2 Å². The SMILES string of the molecule is CC1CCC(Nc2ccc(N)nn2)C(C)C1. The lowest BCUT2D eigenvalue weighted by Gasteiger charge is -2.33. The summed E-state index contributed by atoms with van der Waals surface area (Å²) >= 11 is 0. The molecule has 0 bridgehead atoms. The molecule has 1 aliphatic rings. The molecule has 4 heteroatoms. The van der Waals surface area contributed by atoms with Crippen LogP contribution in [-0.4, -0.2) is 16.2 Å². The standard InChI is InChI=1S/C12H20N4/c1-8-3-4-10(9(2)7-8)14-12-6-5-11(13)15-16-12/h5-6,8-10H,3-4,7H2,1-2H3,(H2,13,15)(H,14,16). The fourth-order valence-corrected chi connectivity index (χ4v) is 2.49. The van der Waals surface area contributed by atoms with Crippen molar-refractivity contribution >= 4 is 11.6 Å². The summed E-state index contributed by atoms with van der Waals surface area (Å²) in [7, 11) is 0. The van der Waals surface area contributed by atoms with Crippen molar-refractivity contribution in [1.29, 1.82) is 0 Å². The maximum Gasteiger partial charge on any atom is 0.149 e. The summed E-state index contributed by atoms with van der Waals surface area (Å²) in [5.41, 5.74) is 5.50. The summed E-state index contributed by atoms with van der Waals surface area (Å²) < 4.78 is 0. The van der Waals surface area contributed by atoms with E-state index in [0.717, 1.165) is 11.7 Å². The third kappa shape index (κ3) is 2.62. The number of nitrogens with two attached hydrogens (primary N) is 1. The average molecular weight is 220 g/mol. The van der Waals surface area contributed by atoms with Gasteiger partial charge in [-0.05, 0) is 43.2 Å². The summed E-state index contributed by atoms with van der Waals surface area (Å²) in [6.07, 6.45) is 3.80. The molecule has 4 nitrogen and oxygen atoms in total. The summed E-state index contributed by atoms with van der Waals surface area (Å²) in [5.74, 6) is 2.85. The first-order chi connectivity index (χ1) is 7.65. The Balaban J connectivity index is 1.96. The lowest BCUT2D eigenvalue weighted by atomic mass is 9.80. The van der Waals surface area contributed by atoms with E-state index in [9.17, 15) is 0 Å². The lowest BCUT2D eigenvalue weighted by molar-refractivity contribution is 0.276. The molecule has 1 aromatic heterocycles.